The average Bonchev–Trinajstić information content (AvgIpc) is 2.99. The first-order valence-corrected chi connectivity index (χ1v) is 7.31. The minimum Gasteiger partial charge on any atom is -0.388 e. The molecule has 1 unspecified atom stereocenters. The van der Waals surface area contributed by atoms with Crippen LogP contribution in [0.3, 0.4) is 0 Å². The first-order chi connectivity index (χ1) is 11.2. The van der Waals surface area contributed by atoms with Crippen molar-refractivity contribution in [2.75, 3.05) is 11.9 Å². The first-order valence-electron chi connectivity index (χ1n) is 7.31. The topological polar surface area (TPSA) is 91.5 Å². The van der Waals surface area contributed by atoms with Crippen LogP contribution in [0.4, 0.5) is 10.7 Å². The van der Waals surface area contributed by atoms with E-state index in [9.17, 15) is 9.90 Å². The lowest BCUT2D eigenvalue weighted by atomic mass is 10.1. The quantitative estimate of drug-likeness (QED) is 0.672. The Morgan fingerprint density at radius 2 is 1.91 bits per heavy atom. The van der Waals surface area contributed by atoms with Crippen molar-refractivity contribution in [1.82, 2.24) is 19.9 Å². The number of aromatic nitrogens is 3. The molecule has 0 aliphatic heterocycles. The van der Waals surface area contributed by atoms with E-state index in [4.69, 9.17) is 0 Å². The molecule has 7 nitrogen and oxygen atoms in total. The van der Waals surface area contributed by atoms with Crippen molar-refractivity contribution in [3.63, 3.8) is 0 Å². The van der Waals surface area contributed by atoms with Crippen molar-refractivity contribution in [1.29, 1.82) is 0 Å². The van der Waals surface area contributed by atoms with Gasteiger partial charge in [0, 0.05) is 12.7 Å². The summed E-state index contributed by atoms with van der Waals surface area (Å²) < 4.78 is 1.68. The van der Waals surface area contributed by atoms with Gasteiger partial charge >= 0.3 is 6.03 Å². The number of fused-ring (bicyclic) bond motifs is 1. The van der Waals surface area contributed by atoms with Crippen LogP contribution in [0.1, 0.15) is 18.1 Å². The maximum Gasteiger partial charge on any atom is 0.321 e. The molecule has 0 bridgehead atoms. The zero-order chi connectivity index (χ0) is 16.1. The predicted molar refractivity (Wildman–Crippen MR) is 86.0 cm³/mol. The van der Waals surface area contributed by atoms with Crippen LogP contribution in [-0.4, -0.2) is 32.3 Å². The smallest absolute Gasteiger partial charge is 0.321 e. The van der Waals surface area contributed by atoms with Gasteiger partial charge in [-0.15, -0.1) is 10.2 Å². The van der Waals surface area contributed by atoms with Crippen molar-refractivity contribution >= 4 is 17.6 Å². The molecule has 3 aromatic rings. The van der Waals surface area contributed by atoms with Gasteiger partial charge in [0.15, 0.2) is 5.65 Å². The van der Waals surface area contributed by atoms with Crippen LogP contribution < -0.4 is 10.6 Å². The lowest BCUT2D eigenvalue weighted by Gasteiger charge is -2.11. The number of benzene rings is 1. The van der Waals surface area contributed by atoms with E-state index in [-0.39, 0.29) is 6.03 Å². The molecular weight excluding hydrogens is 294 g/mol. The van der Waals surface area contributed by atoms with Gasteiger partial charge in [-0.2, -0.15) is 0 Å². The zero-order valence-electron chi connectivity index (χ0n) is 12.4. The second kappa shape index (κ2) is 6.89. The van der Waals surface area contributed by atoms with Crippen molar-refractivity contribution in [3.05, 3.63) is 60.3 Å². The third kappa shape index (κ3) is 3.64. The van der Waals surface area contributed by atoms with Crippen LogP contribution in [0.25, 0.3) is 5.65 Å². The van der Waals surface area contributed by atoms with Gasteiger partial charge in [0.05, 0.1) is 6.10 Å². The SMILES string of the molecule is O=C(NCCC(O)c1ccccc1)Nc1nnc2ccccn12. The number of nitrogens with one attached hydrogen (secondary N) is 2. The highest BCUT2D eigenvalue weighted by Gasteiger charge is 2.10. The van der Waals surface area contributed by atoms with Crippen molar-refractivity contribution in [2.24, 2.45) is 0 Å². The molecule has 0 fully saturated rings. The number of anilines is 1. The summed E-state index contributed by atoms with van der Waals surface area (Å²) in [5, 5.41) is 23.2. The summed E-state index contributed by atoms with van der Waals surface area (Å²) in [5.74, 6) is 0.349. The third-order valence-corrected chi connectivity index (χ3v) is 3.43. The minimum absolute atomic E-state index is 0.346. The number of urea groups is 1. The summed E-state index contributed by atoms with van der Waals surface area (Å²) in [4.78, 5) is 11.9. The Kier molecular flexibility index (Phi) is 4.49. The average molecular weight is 311 g/mol. The van der Waals surface area contributed by atoms with Crippen LogP contribution in [0.15, 0.2) is 54.7 Å². The van der Waals surface area contributed by atoms with Crippen LogP contribution in [0.2, 0.25) is 0 Å². The molecule has 1 atom stereocenters. The molecule has 0 spiro atoms. The van der Waals surface area contributed by atoms with Gasteiger partial charge in [-0.05, 0) is 24.1 Å². The molecule has 0 saturated heterocycles. The molecule has 0 aliphatic carbocycles. The fraction of sp³-hybridized carbons (Fsp3) is 0.188. The summed E-state index contributed by atoms with van der Waals surface area (Å²) in [7, 11) is 0. The van der Waals surface area contributed by atoms with Gasteiger partial charge in [-0.1, -0.05) is 36.4 Å². The maximum atomic E-state index is 11.9. The van der Waals surface area contributed by atoms with Gasteiger partial charge in [0.2, 0.25) is 5.95 Å². The molecule has 7 heteroatoms. The van der Waals surface area contributed by atoms with Crippen molar-refractivity contribution < 1.29 is 9.90 Å². The first kappa shape index (κ1) is 15.0. The standard InChI is InChI=1S/C16H17N5O2/c22-13(12-6-2-1-3-7-12)9-10-17-16(23)18-15-20-19-14-8-4-5-11-21(14)15/h1-8,11,13,22H,9-10H2,(H2,17,18,20,23). The Balaban J connectivity index is 1.50. The number of aliphatic hydroxyl groups is 1. The molecular formula is C16H17N5O2. The summed E-state index contributed by atoms with van der Waals surface area (Å²) in [6.07, 6.45) is 1.59. The Morgan fingerprint density at radius 1 is 1.13 bits per heavy atom. The molecule has 23 heavy (non-hydrogen) atoms. The monoisotopic (exact) mass is 311 g/mol. The van der Waals surface area contributed by atoms with Crippen molar-refractivity contribution in [2.45, 2.75) is 12.5 Å². The summed E-state index contributed by atoms with van der Waals surface area (Å²) in [6, 6.07) is 14.4. The number of hydrogen-bond donors (Lipinski definition) is 3. The zero-order valence-corrected chi connectivity index (χ0v) is 12.4. The van der Waals surface area contributed by atoms with Crippen LogP contribution in [0, 0.1) is 0 Å². The van der Waals surface area contributed by atoms with E-state index < -0.39 is 6.10 Å². The molecule has 2 amide bonds. The summed E-state index contributed by atoms with van der Waals surface area (Å²) in [6.45, 7) is 0.346. The molecule has 1 aromatic carbocycles. The second-order valence-corrected chi connectivity index (χ2v) is 5.05. The van der Waals surface area contributed by atoms with E-state index >= 15 is 0 Å². The van der Waals surface area contributed by atoms with E-state index in [1.54, 1.807) is 16.7 Å². The van der Waals surface area contributed by atoms with Gasteiger partial charge in [0.1, 0.15) is 0 Å². The Bertz CT molecular complexity index is 787. The van der Waals surface area contributed by atoms with E-state index in [0.29, 0.717) is 24.6 Å². The maximum absolute atomic E-state index is 11.9. The normalized spacial score (nSPS) is 12.0. The Hall–Kier alpha value is -2.93. The number of carbonyl (C=O) groups excluding carboxylic acids is 1. The number of aliphatic hydroxyl groups excluding tert-OH is 1. The molecule has 2 heterocycles. The van der Waals surface area contributed by atoms with Gasteiger partial charge in [-0.25, -0.2) is 4.79 Å². The summed E-state index contributed by atoms with van der Waals surface area (Å²) >= 11 is 0. The van der Waals surface area contributed by atoms with E-state index in [2.05, 4.69) is 20.8 Å². The molecule has 0 radical (unpaired) electrons. The fourth-order valence-electron chi connectivity index (χ4n) is 2.24. The van der Waals surface area contributed by atoms with Gasteiger partial charge < -0.3 is 10.4 Å². The number of rotatable bonds is 5. The van der Waals surface area contributed by atoms with E-state index in [0.717, 1.165) is 5.56 Å². The molecule has 118 valence electrons. The number of hydrogen-bond acceptors (Lipinski definition) is 4. The highest BCUT2D eigenvalue weighted by atomic mass is 16.3. The summed E-state index contributed by atoms with van der Waals surface area (Å²) in [5.41, 5.74) is 1.49. The third-order valence-electron chi connectivity index (χ3n) is 3.43. The van der Waals surface area contributed by atoms with Crippen molar-refractivity contribution in [3.8, 4) is 0 Å². The molecule has 0 aliphatic rings. The lowest BCUT2D eigenvalue weighted by Crippen LogP contribution is -2.31. The molecule has 2 aromatic heterocycles. The largest absolute Gasteiger partial charge is 0.388 e. The highest BCUT2D eigenvalue weighted by molar-refractivity contribution is 5.87. The van der Waals surface area contributed by atoms with Crippen LogP contribution >= 0.6 is 0 Å². The van der Waals surface area contributed by atoms with E-state index in [1.165, 1.54) is 0 Å². The van der Waals surface area contributed by atoms with E-state index in [1.807, 2.05) is 42.5 Å². The number of nitrogens with zero attached hydrogens (tertiary/aromatic N) is 3. The van der Waals surface area contributed by atoms with Crippen LogP contribution in [-0.2, 0) is 0 Å². The van der Waals surface area contributed by atoms with Crippen LogP contribution in [0.5, 0.6) is 0 Å². The second-order valence-electron chi connectivity index (χ2n) is 5.05. The number of carbonyl (C=O) groups is 1. The minimum atomic E-state index is -0.606. The molecule has 0 saturated carbocycles. The predicted octanol–water partition coefficient (Wildman–Crippen LogP) is 1.97. The van der Waals surface area contributed by atoms with Gasteiger partial charge in [-0.3, -0.25) is 9.72 Å². The molecule has 3 rings (SSSR count). The highest BCUT2D eigenvalue weighted by Crippen LogP contribution is 2.14. The lowest BCUT2D eigenvalue weighted by molar-refractivity contribution is 0.167. The molecule has 3 N–H and O–H groups in total. The van der Waals surface area contributed by atoms with Gasteiger partial charge in [0.25, 0.3) is 0 Å². The number of pyridine rings is 1. The Labute approximate surface area is 133 Å². The fourth-order valence-corrected chi connectivity index (χ4v) is 2.24. The number of amides is 2. The Morgan fingerprint density at radius 3 is 2.74 bits per heavy atom.